The summed E-state index contributed by atoms with van der Waals surface area (Å²) in [5, 5.41) is 10.4. The van der Waals surface area contributed by atoms with Crippen molar-refractivity contribution in [2.24, 2.45) is 0 Å². The zero-order chi connectivity index (χ0) is 16.9. The van der Waals surface area contributed by atoms with Gasteiger partial charge in [-0.2, -0.15) is 0 Å². The molecule has 1 aromatic heterocycles. The number of hydrogen-bond acceptors (Lipinski definition) is 5. The highest BCUT2D eigenvalue weighted by Crippen LogP contribution is 2.20. The van der Waals surface area contributed by atoms with Crippen molar-refractivity contribution in [2.75, 3.05) is 11.9 Å². The number of nitrogens with zero attached hydrogens (tertiary/aromatic N) is 2. The van der Waals surface area contributed by atoms with E-state index in [1.54, 1.807) is 37.3 Å². The van der Waals surface area contributed by atoms with E-state index in [0.29, 0.717) is 23.2 Å². The summed E-state index contributed by atoms with van der Waals surface area (Å²) in [4.78, 5) is 11.9. The minimum absolute atomic E-state index is 0.214. The smallest absolute Gasteiger partial charge is 0.262 e. The summed E-state index contributed by atoms with van der Waals surface area (Å²) < 4.78 is 23.6. The molecule has 1 heterocycles. The van der Waals surface area contributed by atoms with E-state index in [1.807, 2.05) is 0 Å². The third kappa shape index (κ3) is 3.95. The normalized spacial score (nSPS) is 10.4. The lowest BCUT2D eigenvalue weighted by Crippen LogP contribution is -2.20. The lowest BCUT2D eigenvalue weighted by Gasteiger charge is -2.08. The number of hydrogen-bond donors (Lipinski definition) is 1. The number of ether oxygens (including phenoxy) is 1. The van der Waals surface area contributed by atoms with Gasteiger partial charge in [-0.1, -0.05) is 6.07 Å². The Morgan fingerprint density at radius 3 is 2.67 bits per heavy atom. The summed E-state index contributed by atoms with van der Waals surface area (Å²) in [6.07, 6.45) is 0. The van der Waals surface area contributed by atoms with E-state index < -0.39 is 5.82 Å². The van der Waals surface area contributed by atoms with Gasteiger partial charge < -0.3 is 14.5 Å². The number of halogens is 1. The lowest BCUT2D eigenvalue weighted by atomic mass is 10.2. The zero-order valence-corrected chi connectivity index (χ0v) is 12.8. The first kappa shape index (κ1) is 15.7. The molecule has 2 aromatic carbocycles. The fraction of sp³-hybridized carbons (Fsp3) is 0.118. The van der Waals surface area contributed by atoms with Gasteiger partial charge in [0.2, 0.25) is 11.8 Å². The van der Waals surface area contributed by atoms with Crippen LogP contribution in [0.4, 0.5) is 10.1 Å². The van der Waals surface area contributed by atoms with Gasteiger partial charge in [-0.25, -0.2) is 4.39 Å². The Kier molecular flexibility index (Phi) is 4.51. The monoisotopic (exact) mass is 327 g/mol. The number of aromatic nitrogens is 2. The first-order chi connectivity index (χ1) is 11.6. The van der Waals surface area contributed by atoms with Crippen LogP contribution in [0.3, 0.4) is 0 Å². The van der Waals surface area contributed by atoms with E-state index >= 15 is 0 Å². The molecular weight excluding hydrogens is 313 g/mol. The Bertz CT molecular complexity index is 846. The van der Waals surface area contributed by atoms with Gasteiger partial charge in [-0.15, -0.1) is 10.2 Å². The highest BCUT2D eigenvalue weighted by molar-refractivity contribution is 5.92. The Morgan fingerprint density at radius 2 is 2.00 bits per heavy atom. The van der Waals surface area contributed by atoms with Gasteiger partial charge in [-0.3, -0.25) is 4.79 Å². The molecule has 3 aromatic rings. The van der Waals surface area contributed by atoms with Crippen molar-refractivity contribution < 1.29 is 18.3 Å². The van der Waals surface area contributed by atoms with Crippen LogP contribution in [-0.4, -0.2) is 22.7 Å². The summed E-state index contributed by atoms with van der Waals surface area (Å²) >= 11 is 0. The van der Waals surface area contributed by atoms with Crippen LogP contribution in [0.15, 0.2) is 52.9 Å². The minimum atomic E-state index is -0.417. The van der Waals surface area contributed by atoms with Gasteiger partial charge in [0.1, 0.15) is 11.6 Å². The Labute approximate surface area is 137 Å². The SMILES string of the molecule is Cc1nnc(-c2ccc(NC(=O)COc3cccc(F)c3)cc2)o1. The number of amides is 1. The van der Waals surface area contributed by atoms with Crippen LogP contribution in [0, 0.1) is 12.7 Å². The average molecular weight is 327 g/mol. The molecule has 24 heavy (non-hydrogen) atoms. The number of benzene rings is 2. The molecule has 0 aliphatic rings. The van der Waals surface area contributed by atoms with Crippen molar-refractivity contribution in [2.45, 2.75) is 6.92 Å². The van der Waals surface area contributed by atoms with Crippen LogP contribution >= 0.6 is 0 Å². The Balaban J connectivity index is 1.56. The predicted octanol–water partition coefficient (Wildman–Crippen LogP) is 3.20. The second kappa shape index (κ2) is 6.91. The topological polar surface area (TPSA) is 77.2 Å². The standard InChI is InChI=1S/C17H14FN3O3/c1-11-20-21-17(24-11)12-5-7-14(8-6-12)19-16(22)10-23-15-4-2-3-13(18)9-15/h2-9H,10H2,1H3,(H,19,22). The number of anilines is 1. The van der Waals surface area contributed by atoms with Crippen LogP contribution in [0.5, 0.6) is 5.75 Å². The van der Waals surface area contributed by atoms with Gasteiger partial charge in [0, 0.05) is 24.2 Å². The van der Waals surface area contributed by atoms with E-state index in [0.717, 1.165) is 5.56 Å². The zero-order valence-electron chi connectivity index (χ0n) is 12.8. The van der Waals surface area contributed by atoms with Crippen LogP contribution in [-0.2, 0) is 4.79 Å². The first-order valence-corrected chi connectivity index (χ1v) is 7.19. The van der Waals surface area contributed by atoms with Crippen LogP contribution in [0.2, 0.25) is 0 Å². The van der Waals surface area contributed by atoms with Crippen molar-refractivity contribution >= 4 is 11.6 Å². The molecule has 0 spiro atoms. The summed E-state index contributed by atoms with van der Waals surface area (Å²) in [5.74, 6) is 0.435. The largest absolute Gasteiger partial charge is 0.484 e. The number of nitrogens with one attached hydrogen (secondary N) is 1. The molecule has 0 atom stereocenters. The van der Waals surface area contributed by atoms with E-state index in [1.165, 1.54) is 18.2 Å². The minimum Gasteiger partial charge on any atom is -0.484 e. The molecule has 1 amide bonds. The molecule has 3 rings (SSSR count). The quantitative estimate of drug-likeness (QED) is 0.778. The summed E-state index contributed by atoms with van der Waals surface area (Å²) in [6, 6.07) is 12.6. The van der Waals surface area contributed by atoms with Crippen molar-refractivity contribution in [3.63, 3.8) is 0 Å². The second-order valence-electron chi connectivity index (χ2n) is 5.00. The second-order valence-corrected chi connectivity index (χ2v) is 5.00. The molecule has 0 fully saturated rings. The molecule has 7 heteroatoms. The molecule has 6 nitrogen and oxygen atoms in total. The van der Waals surface area contributed by atoms with E-state index in [4.69, 9.17) is 9.15 Å². The van der Waals surface area contributed by atoms with Gasteiger partial charge in [0.15, 0.2) is 6.61 Å². The van der Waals surface area contributed by atoms with Crippen molar-refractivity contribution in [3.8, 4) is 17.2 Å². The molecule has 1 N–H and O–H groups in total. The Morgan fingerprint density at radius 1 is 1.21 bits per heavy atom. The first-order valence-electron chi connectivity index (χ1n) is 7.19. The van der Waals surface area contributed by atoms with Crippen molar-refractivity contribution in [1.29, 1.82) is 0 Å². The maximum absolute atomic E-state index is 13.0. The van der Waals surface area contributed by atoms with Crippen molar-refractivity contribution in [3.05, 3.63) is 60.2 Å². The summed E-state index contributed by atoms with van der Waals surface area (Å²) in [5.41, 5.74) is 1.35. The molecule has 0 aliphatic heterocycles. The summed E-state index contributed by atoms with van der Waals surface area (Å²) in [7, 11) is 0. The lowest BCUT2D eigenvalue weighted by molar-refractivity contribution is -0.118. The molecule has 0 bridgehead atoms. The average Bonchev–Trinajstić information content (AvgIpc) is 3.00. The van der Waals surface area contributed by atoms with E-state index in [9.17, 15) is 9.18 Å². The van der Waals surface area contributed by atoms with E-state index in [-0.39, 0.29) is 12.5 Å². The van der Waals surface area contributed by atoms with Crippen molar-refractivity contribution in [1.82, 2.24) is 10.2 Å². The van der Waals surface area contributed by atoms with Gasteiger partial charge in [0.05, 0.1) is 0 Å². The highest BCUT2D eigenvalue weighted by atomic mass is 19.1. The highest BCUT2D eigenvalue weighted by Gasteiger charge is 2.07. The fourth-order valence-corrected chi connectivity index (χ4v) is 2.01. The van der Waals surface area contributed by atoms with Crippen LogP contribution in [0.25, 0.3) is 11.5 Å². The number of rotatable bonds is 5. The van der Waals surface area contributed by atoms with Gasteiger partial charge in [-0.05, 0) is 36.4 Å². The van der Waals surface area contributed by atoms with Crippen LogP contribution in [0.1, 0.15) is 5.89 Å². The number of carbonyl (C=O) groups excluding carboxylic acids is 1. The maximum Gasteiger partial charge on any atom is 0.262 e. The molecule has 0 saturated heterocycles. The molecule has 122 valence electrons. The molecule has 0 aliphatic carbocycles. The molecular formula is C17H14FN3O3. The predicted molar refractivity (Wildman–Crippen MR) is 85.0 cm³/mol. The van der Waals surface area contributed by atoms with Gasteiger partial charge >= 0.3 is 0 Å². The van der Waals surface area contributed by atoms with Gasteiger partial charge in [0.25, 0.3) is 5.91 Å². The molecule has 0 unspecified atom stereocenters. The van der Waals surface area contributed by atoms with Crippen LogP contribution < -0.4 is 10.1 Å². The third-order valence-electron chi connectivity index (χ3n) is 3.11. The fourth-order valence-electron chi connectivity index (χ4n) is 2.01. The number of carbonyl (C=O) groups is 1. The summed E-state index contributed by atoms with van der Waals surface area (Å²) in [6.45, 7) is 1.50. The Hall–Kier alpha value is -3.22. The third-order valence-corrected chi connectivity index (χ3v) is 3.11. The molecule has 0 saturated carbocycles. The van der Waals surface area contributed by atoms with E-state index in [2.05, 4.69) is 15.5 Å². The molecule has 0 radical (unpaired) electrons. The maximum atomic E-state index is 13.0. The number of aryl methyl sites for hydroxylation is 1.